The third kappa shape index (κ3) is 3.28. The van der Waals surface area contributed by atoms with Gasteiger partial charge in [-0.25, -0.2) is 8.42 Å². The number of carbonyl (C=O) groups is 1. The van der Waals surface area contributed by atoms with Crippen LogP contribution in [0.15, 0.2) is 0 Å². The molecule has 1 saturated heterocycles. The second kappa shape index (κ2) is 4.84. The van der Waals surface area contributed by atoms with Crippen molar-refractivity contribution in [2.75, 3.05) is 18.6 Å². The van der Waals surface area contributed by atoms with Gasteiger partial charge < -0.3 is 0 Å². The molecule has 1 rings (SSSR count). The summed E-state index contributed by atoms with van der Waals surface area (Å²) in [6, 6.07) is 0.124. The molecule has 0 N–H and O–H groups in total. The van der Waals surface area contributed by atoms with Crippen molar-refractivity contribution in [3.8, 4) is 0 Å². The maximum absolute atomic E-state index is 11.5. The Morgan fingerprint density at radius 2 is 2.00 bits per heavy atom. The Hall–Kier alpha value is -0.420. The van der Waals surface area contributed by atoms with Gasteiger partial charge in [-0.1, -0.05) is 6.92 Å². The first-order valence-electron chi connectivity index (χ1n) is 5.68. The van der Waals surface area contributed by atoms with Gasteiger partial charge >= 0.3 is 0 Å². The Labute approximate surface area is 97.9 Å². The van der Waals surface area contributed by atoms with Crippen LogP contribution in [0, 0.1) is 5.92 Å². The first kappa shape index (κ1) is 13.6. The van der Waals surface area contributed by atoms with Crippen LogP contribution >= 0.6 is 0 Å². The summed E-state index contributed by atoms with van der Waals surface area (Å²) in [6.07, 6.45) is 1.80. The van der Waals surface area contributed by atoms with E-state index >= 15 is 0 Å². The van der Waals surface area contributed by atoms with Crippen molar-refractivity contribution in [3.63, 3.8) is 0 Å². The highest BCUT2D eigenvalue weighted by Crippen LogP contribution is 2.22. The summed E-state index contributed by atoms with van der Waals surface area (Å²) in [5, 5.41) is 0. The largest absolute Gasteiger partial charge is 0.299 e. The molecule has 0 aliphatic carbocycles. The molecule has 1 aliphatic heterocycles. The lowest BCUT2D eigenvalue weighted by molar-refractivity contribution is -0.128. The Balaban J connectivity index is 2.70. The van der Waals surface area contributed by atoms with Crippen LogP contribution in [-0.4, -0.2) is 49.7 Å². The maximum Gasteiger partial charge on any atom is 0.148 e. The number of hydrogen-bond acceptors (Lipinski definition) is 4. The van der Waals surface area contributed by atoms with E-state index in [2.05, 4.69) is 4.90 Å². The molecule has 0 radical (unpaired) electrons. The fourth-order valence-corrected chi connectivity index (χ4v) is 3.45. The molecule has 0 aromatic heterocycles. The van der Waals surface area contributed by atoms with Gasteiger partial charge in [0.2, 0.25) is 0 Å². The fraction of sp³-hybridized carbons (Fsp3) is 0.909. The van der Waals surface area contributed by atoms with Gasteiger partial charge in [-0.3, -0.25) is 9.69 Å². The third-order valence-electron chi connectivity index (χ3n) is 3.48. The minimum Gasteiger partial charge on any atom is -0.299 e. The third-order valence-corrected chi connectivity index (χ3v) is 4.57. The highest BCUT2D eigenvalue weighted by atomic mass is 32.2. The molecule has 3 unspecified atom stereocenters. The lowest BCUT2D eigenvalue weighted by atomic mass is 9.90. The average Bonchev–Trinajstić information content (AvgIpc) is 2.11. The molecule has 1 aliphatic rings. The number of rotatable bonds is 3. The van der Waals surface area contributed by atoms with Gasteiger partial charge in [-0.2, -0.15) is 0 Å². The molecule has 0 bridgehead atoms. The number of nitrogens with zero attached hydrogens (tertiary/aromatic N) is 1. The molecule has 0 amide bonds. The van der Waals surface area contributed by atoms with E-state index in [4.69, 9.17) is 0 Å². The molecule has 0 saturated carbocycles. The molecule has 1 heterocycles. The molecule has 5 heteroatoms. The number of sulfone groups is 1. The summed E-state index contributed by atoms with van der Waals surface area (Å²) >= 11 is 0. The molecule has 4 nitrogen and oxygen atoms in total. The smallest absolute Gasteiger partial charge is 0.148 e. The second-order valence-electron chi connectivity index (χ2n) is 4.92. The van der Waals surface area contributed by atoms with Crippen molar-refractivity contribution >= 4 is 15.6 Å². The predicted octanol–water partition coefficient (Wildman–Crippen LogP) is 0.719. The topological polar surface area (TPSA) is 54.5 Å². The highest BCUT2D eigenvalue weighted by Gasteiger charge is 2.33. The van der Waals surface area contributed by atoms with E-state index in [0.717, 1.165) is 0 Å². The van der Waals surface area contributed by atoms with Crippen molar-refractivity contribution in [2.45, 2.75) is 39.3 Å². The Bertz CT molecular complexity index is 363. The van der Waals surface area contributed by atoms with E-state index in [1.165, 1.54) is 6.26 Å². The van der Waals surface area contributed by atoms with Gasteiger partial charge in [-0.05, 0) is 13.8 Å². The zero-order valence-corrected chi connectivity index (χ0v) is 11.3. The van der Waals surface area contributed by atoms with E-state index in [0.29, 0.717) is 13.0 Å². The van der Waals surface area contributed by atoms with Crippen molar-refractivity contribution in [1.29, 1.82) is 0 Å². The highest BCUT2D eigenvalue weighted by molar-refractivity contribution is 7.90. The standard InChI is InChI=1S/C11H21NO3S/c1-8(7-16(4,14)15)12-6-5-11(13)9(2)10(12)3/h8-10H,5-7H2,1-4H3. The zero-order valence-electron chi connectivity index (χ0n) is 10.4. The number of carbonyl (C=O) groups excluding carboxylic acids is 1. The van der Waals surface area contributed by atoms with Crippen LogP contribution in [0.2, 0.25) is 0 Å². The molecule has 94 valence electrons. The lowest BCUT2D eigenvalue weighted by Gasteiger charge is -2.40. The molecule has 0 aromatic carbocycles. The molecule has 0 aromatic rings. The quantitative estimate of drug-likeness (QED) is 0.737. The first-order chi connectivity index (χ1) is 7.22. The van der Waals surface area contributed by atoms with Crippen molar-refractivity contribution in [2.24, 2.45) is 5.92 Å². The summed E-state index contributed by atoms with van der Waals surface area (Å²) in [5.74, 6) is 0.462. The minimum absolute atomic E-state index is 0.00996. The van der Waals surface area contributed by atoms with Crippen LogP contribution in [-0.2, 0) is 14.6 Å². The van der Waals surface area contributed by atoms with Crippen LogP contribution in [0.1, 0.15) is 27.2 Å². The van der Waals surface area contributed by atoms with Gasteiger partial charge in [0, 0.05) is 37.2 Å². The lowest BCUT2D eigenvalue weighted by Crippen LogP contribution is -2.52. The molecular formula is C11H21NO3S. The number of likely N-dealkylation sites (tertiary alicyclic amines) is 1. The van der Waals surface area contributed by atoms with Gasteiger partial charge in [0.25, 0.3) is 0 Å². The number of hydrogen-bond donors (Lipinski definition) is 0. The first-order valence-corrected chi connectivity index (χ1v) is 7.74. The van der Waals surface area contributed by atoms with E-state index in [9.17, 15) is 13.2 Å². The fourth-order valence-electron chi connectivity index (χ4n) is 2.38. The maximum atomic E-state index is 11.5. The summed E-state index contributed by atoms with van der Waals surface area (Å²) < 4.78 is 22.5. The van der Waals surface area contributed by atoms with E-state index < -0.39 is 9.84 Å². The molecule has 16 heavy (non-hydrogen) atoms. The van der Waals surface area contributed by atoms with Gasteiger partial charge in [0.15, 0.2) is 0 Å². The molecular weight excluding hydrogens is 226 g/mol. The van der Waals surface area contributed by atoms with Crippen molar-refractivity contribution < 1.29 is 13.2 Å². The van der Waals surface area contributed by atoms with Crippen LogP contribution in [0.4, 0.5) is 0 Å². The summed E-state index contributed by atoms with van der Waals surface area (Å²) in [4.78, 5) is 13.6. The van der Waals surface area contributed by atoms with Gasteiger partial charge in [-0.15, -0.1) is 0 Å². The number of piperidine rings is 1. The van der Waals surface area contributed by atoms with Crippen LogP contribution in [0.5, 0.6) is 0 Å². The van der Waals surface area contributed by atoms with Crippen LogP contribution in [0.3, 0.4) is 0 Å². The SMILES string of the molecule is CC1C(=O)CCN(C(C)CS(C)(=O)=O)C1C. The Kier molecular flexibility index (Phi) is 4.12. The Morgan fingerprint density at radius 1 is 1.44 bits per heavy atom. The van der Waals surface area contributed by atoms with Gasteiger partial charge in [0.05, 0.1) is 5.75 Å². The average molecular weight is 247 g/mol. The number of Topliss-reactive ketones (excluding diaryl/α,β-unsaturated/α-hetero) is 1. The zero-order chi connectivity index (χ0) is 12.5. The normalized spacial score (nSPS) is 30.4. The van der Waals surface area contributed by atoms with E-state index in [-0.39, 0.29) is 29.5 Å². The molecule has 3 atom stereocenters. The van der Waals surface area contributed by atoms with E-state index in [1.807, 2.05) is 20.8 Å². The van der Waals surface area contributed by atoms with Crippen LogP contribution in [0.25, 0.3) is 0 Å². The summed E-state index contributed by atoms with van der Waals surface area (Å²) in [6.45, 7) is 6.52. The predicted molar refractivity (Wildman–Crippen MR) is 64.1 cm³/mol. The summed E-state index contributed by atoms with van der Waals surface area (Å²) in [5.41, 5.74) is 0. The Morgan fingerprint density at radius 3 is 2.50 bits per heavy atom. The second-order valence-corrected chi connectivity index (χ2v) is 7.11. The van der Waals surface area contributed by atoms with E-state index in [1.54, 1.807) is 0 Å². The van der Waals surface area contributed by atoms with Gasteiger partial charge in [0.1, 0.15) is 15.6 Å². The molecule has 0 spiro atoms. The monoisotopic (exact) mass is 247 g/mol. The summed E-state index contributed by atoms with van der Waals surface area (Å²) in [7, 11) is -2.95. The van der Waals surface area contributed by atoms with Crippen molar-refractivity contribution in [3.05, 3.63) is 0 Å². The minimum atomic E-state index is -2.95. The molecule has 1 fully saturated rings. The van der Waals surface area contributed by atoms with Crippen molar-refractivity contribution in [1.82, 2.24) is 4.90 Å². The van der Waals surface area contributed by atoms with Crippen LogP contribution < -0.4 is 0 Å². The number of ketones is 1.